The summed E-state index contributed by atoms with van der Waals surface area (Å²) in [5, 5.41) is 9.63. The zero-order valence-corrected chi connectivity index (χ0v) is 11.5. The third-order valence-corrected chi connectivity index (χ3v) is 2.81. The van der Waals surface area contributed by atoms with Crippen molar-refractivity contribution in [2.24, 2.45) is 0 Å². The summed E-state index contributed by atoms with van der Waals surface area (Å²) < 4.78 is 34.5. The predicted octanol–water partition coefficient (Wildman–Crippen LogP) is 1.75. The van der Waals surface area contributed by atoms with E-state index in [1.54, 1.807) is 18.2 Å². The van der Waals surface area contributed by atoms with Crippen molar-refractivity contribution in [3.05, 3.63) is 35.9 Å². The number of methoxy groups -OCH3 is 1. The number of para-hydroxylation sites is 1. The molecule has 8 heteroatoms. The average molecular weight is 298 g/mol. The van der Waals surface area contributed by atoms with E-state index >= 15 is 0 Å². The van der Waals surface area contributed by atoms with E-state index in [1.807, 2.05) is 0 Å². The summed E-state index contributed by atoms with van der Waals surface area (Å²) >= 11 is 0. The highest BCUT2D eigenvalue weighted by Crippen LogP contribution is 2.32. The minimum absolute atomic E-state index is 0.0576. The Morgan fingerprint density at radius 2 is 2.24 bits per heavy atom. The lowest BCUT2D eigenvalue weighted by Crippen LogP contribution is -2.18. The second kappa shape index (κ2) is 7.53. The second-order valence-electron chi connectivity index (χ2n) is 4.19. The smallest absolute Gasteiger partial charge is 0.387 e. The summed E-state index contributed by atoms with van der Waals surface area (Å²) in [7, 11) is 1.41. The quantitative estimate of drug-likeness (QED) is 0.726. The fourth-order valence-electron chi connectivity index (χ4n) is 1.87. The van der Waals surface area contributed by atoms with Gasteiger partial charge >= 0.3 is 6.61 Å². The van der Waals surface area contributed by atoms with Crippen LogP contribution < -0.4 is 14.8 Å². The third-order valence-electron chi connectivity index (χ3n) is 2.81. The Labute approximate surface area is 120 Å². The zero-order valence-electron chi connectivity index (χ0n) is 11.5. The molecular formula is C13H16F2N4O2. The molecule has 2 aromatic rings. The molecule has 6 nitrogen and oxygen atoms in total. The fourth-order valence-corrected chi connectivity index (χ4v) is 1.87. The van der Waals surface area contributed by atoms with Crippen molar-refractivity contribution in [3.8, 4) is 11.5 Å². The number of hydrogen-bond donors (Lipinski definition) is 2. The van der Waals surface area contributed by atoms with E-state index < -0.39 is 6.61 Å². The molecule has 0 saturated heterocycles. The van der Waals surface area contributed by atoms with Crippen LogP contribution in [0.15, 0.2) is 24.5 Å². The lowest BCUT2D eigenvalue weighted by Gasteiger charge is -2.14. The summed E-state index contributed by atoms with van der Waals surface area (Å²) in [5.41, 5.74) is 0.604. The van der Waals surface area contributed by atoms with Crippen LogP contribution in [0.25, 0.3) is 0 Å². The highest BCUT2D eigenvalue weighted by molar-refractivity contribution is 5.46. The molecule has 2 rings (SSSR count). The molecule has 0 bridgehead atoms. The maximum absolute atomic E-state index is 12.5. The zero-order chi connectivity index (χ0) is 15.1. The maximum Gasteiger partial charge on any atom is 0.387 e. The van der Waals surface area contributed by atoms with Crippen molar-refractivity contribution in [3.63, 3.8) is 0 Å². The first-order chi connectivity index (χ1) is 10.2. The number of ether oxygens (including phenoxy) is 2. The lowest BCUT2D eigenvalue weighted by atomic mass is 10.2. The molecule has 21 heavy (non-hydrogen) atoms. The number of benzene rings is 1. The number of aromatic nitrogens is 3. The van der Waals surface area contributed by atoms with Crippen molar-refractivity contribution < 1.29 is 18.3 Å². The van der Waals surface area contributed by atoms with Gasteiger partial charge in [0.05, 0.1) is 7.11 Å². The van der Waals surface area contributed by atoms with Crippen molar-refractivity contribution >= 4 is 0 Å². The van der Waals surface area contributed by atoms with Crippen LogP contribution >= 0.6 is 0 Å². The van der Waals surface area contributed by atoms with Gasteiger partial charge in [-0.1, -0.05) is 12.1 Å². The molecule has 0 amide bonds. The van der Waals surface area contributed by atoms with Crippen molar-refractivity contribution in [2.45, 2.75) is 19.6 Å². The highest BCUT2D eigenvalue weighted by atomic mass is 19.3. The highest BCUT2D eigenvalue weighted by Gasteiger charge is 2.14. The molecule has 0 aliphatic carbocycles. The number of rotatable bonds is 8. The molecule has 114 valence electrons. The standard InChI is InChI=1S/C13H16F2N4O2/c1-20-10-4-2-3-9(12(10)21-13(14)15)7-16-6-5-11-17-8-18-19-11/h2-4,8,13,16H,5-7H2,1H3,(H,17,18,19). The summed E-state index contributed by atoms with van der Waals surface area (Å²) in [4.78, 5) is 3.99. The Morgan fingerprint density at radius 1 is 1.38 bits per heavy atom. The summed E-state index contributed by atoms with van der Waals surface area (Å²) in [6.45, 7) is -1.89. The van der Waals surface area contributed by atoms with Gasteiger partial charge in [0.1, 0.15) is 12.2 Å². The van der Waals surface area contributed by atoms with Crippen molar-refractivity contribution in [2.75, 3.05) is 13.7 Å². The SMILES string of the molecule is COc1cccc(CNCCc2ncn[nH]2)c1OC(F)F. The van der Waals surface area contributed by atoms with Crippen LogP contribution in [0, 0.1) is 0 Å². The summed E-state index contributed by atoms with van der Waals surface area (Å²) in [5.74, 6) is 1.10. The number of aromatic amines is 1. The van der Waals surface area contributed by atoms with Crippen LogP contribution in [0.5, 0.6) is 11.5 Å². The third kappa shape index (κ3) is 4.38. The number of nitrogens with zero attached hydrogens (tertiary/aromatic N) is 2. The first kappa shape index (κ1) is 15.2. The molecule has 0 radical (unpaired) electrons. The number of nitrogens with one attached hydrogen (secondary N) is 2. The molecular weight excluding hydrogens is 282 g/mol. The van der Waals surface area contributed by atoms with Crippen LogP contribution in [0.3, 0.4) is 0 Å². The molecule has 0 aliphatic rings. The minimum Gasteiger partial charge on any atom is -0.493 e. The van der Waals surface area contributed by atoms with Crippen LogP contribution in [-0.4, -0.2) is 35.4 Å². The van der Waals surface area contributed by atoms with Crippen molar-refractivity contribution in [1.29, 1.82) is 0 Å². The number of halogens is 2. The summed E-state index contributed by atoms with van der Waals surface area (Å²) in [6.07, 6.45) is 2.10. The van der Waals surface area contributed by atoms with E-state index in [0.717, 1.165) is 5.82 Å². The summed E-state index contributed by atoms with van der Waals surface area (Å²) in [6, 6.07) is 5.02. The number of H-pyrrole nitrogens is 1. The number of alkyl halides is 2. The molecule has 0 aliphatic heterocycles. The van der Waals surface area contributed by atoms with Gasteiger partial charge in [0.15, 0.2) is 11.5 Å². The molecule has 0 fully saturated rings. The van der Waals surface area contributed by atoms with E-state index in [-0.39, 0.29) is 11.5 Å². The Hall–Kier alpha value is -2.22. The molecule has 0 spiro atoms. The molecule has 0 unspecified atom stereocenters. The van der Waals surface area contributed by atoms with E-state index in [2.05, 4.69) is 25.2 Å². The Kier molecular flexibility index (Phi) is 5.44. The first-order valence-electron chi connectivity index (χ1n) is 6.36. The molecule has 1 heterocycles. The van der Waals surface area contributed by atoms with Gasteiger partial charge in [-0.05, 0) is 6.07 Å². The van der Waals surface area contributed by atoms with Crippen LogP contribution in [0.4, 0.5) is 8.78 Å². The van der Waals surface area contributed by atoms with Gasteiger partial charge in [0.2, 0.25) is 0 Å². The van der Waals surface area contributed by atoms with E-state index in [1.165, 1.54) is 13.4 Å². The minimum atomic E-state index is -2.89. The molecule has 1 aromatic heterocycles. The van der Waals surface area contributed by atoms with Gasteiger partial charge in [-0.25, -0.2) is 4.98 Å². The van der Waals surface area contributed by atoms with E-state index in [4.69, 9.17) is 4.74 Å². The van der Waals surface area contributed by atoms with Gasteiger partial charge < -0.3 is 14.8 Å². The first-order valence-corrected chi connectivity index (χ1v) is 6.36. The van der Waals surface area contributed by atoms with Crippen molar-refractivity contribution in [1.82, 2.24) is 20.5 Å². The normalized spacial score (nSPS) is 10.9. The topological polar surface area (TPSA) is 72.1 Å². The fraction of sp³-hybridized carbons (Fsp3) is 0.385. The van der Waals surface area contributed by atoms with Gasteiger partial charge in [-0.3, -0.25) is 5.10 Å². The Morgan fingerprint density at radius 3 is 2.90 bits per heavy atom. The predicted molar refractivity (Wildman–Crippen MR) is 71.4 cm³/mol. The van der Waals surface area contributed by atoms with Crippen LogP contribution in [0.2, 0.25) is 0 Å². The lowest BCUT2D eigenvalue weighted by molar-refractivity contribution is -0.0518. The largest absolute Gasteiger partial charge is 0.493 e. The van der Waals surface area contributed by atoms with Gasteiger partial charge in [0, 0.05) is 25.1 Å². The van der Waals surface area contributed by atoms with Gasteiger partial charge in [-0.15, -0.1) is 0 Å². The molecule has 0 atom stereocenters. The Bertz CT molecular complexity index is 549. The van der Waals surface area contributed by atoms with Crippen LogP contribution in [0.1, 0.15) is 11.4 Å². The monoisotopic (exact) mass is 298 g/mol. The van der Waals surface area contributed by atoms with Gasteiger partial charge in [0.25, 0.3) is 0 Å². The number of hydrogen-bond acceptors (Lipinski definition) is 5. The average Bonchev–Trinajstić information content (AvgIpc) is 2.97. The Balaban J connectivity index is 1.95. The molecule has 1 aromatic carbocycles. The van der Waals surface area contributed by atoms with Crippen LogP contribution in [-0.2, 0) is 13.0 Å². The van der Waals surface area contributed by atoms with Gasteiger partial charge in [-0.2, -0.15) is 13.9 Å². The molecule has 2 N–H and O–H groups in total. The van der Waals surface area contributed by atoms with E-state index in [9.17, 15) is 8.78 Å². The molecule has 0 saturated carbocycles. The van der Waals surface area contributed by atoms with E-state index in [0.29, 0.717) is 25.1 Å². The second-order valence-corrected chi connectivity index (χ2v) is 4.19. The maximum atomic E-state index is 12.5.